The van der Waals surface area contributed by atoms with E-state index in [4.69, 9.17) is 0 Å². The number of nitrogens with one attached hydrogen (secondary N) is 2. The summed E-state index contributed by atoms with van der Waals surface area (Å²) < 4.78 is 44.2. The Bertz CT molecular complexity index is 1580. The number of hydrogen-bond donors (Lipinski definition) is 2. The van der Waals surface area contributed by atoms with E-state index in [-0.39, 0.29) is 12.0 Å². The molecule has 6 rings (SSSR count). The molecule has 0 bridgehead atoms. The van der Waals surface area contributed by atoms with Crippen LogP contribution >= 0.6 is 11.3 Å². The zero-order chi connectivity index (χ0) is 26.6. The van der Waals surface area contributed by atoms with Gasteiger partial charge in [-0.3, -0.25) is 19.6 Å². The third-order valence-corrected chi connectivity index (χ3v) is 8.42. The maximum absolute atomic E-state index is 13.1. The molecule has 2 atom stereocenters. The summed E-state index contributed by atoms with van der Waals surface area (Å²) >= 11 is 1.52. The normalized spacial score (nSPS) is 21.3. The molecule has 2 aliphatic heterocycles. The maximum Gasteiger partial charge on any atom is 0.522 e. The zero-order valence-corrected chi connectivity index (χ0v) is 21.3. The third-order valence-electron chi connectivity index (χ3n) is 7.57. The van der Waals surface area contributed by atoms with Crippen molar-refractivity contribution in [1.29, 1.82) is 0 Å². The first-order chi connectivity index (χ1) is 18.2. The molecule has 0 saturated carbocycles. The molecule has 2 aliphatic rings. The van der Waals surface area contributed by atoms with E-state index in [2.05, 4.69) is 19.6 Å². The molecule has 4 aromatic rings. The van der Waals surface area contributed by atoms with Crippen LogP contribution in [0, 0.1) is 5.92 Å². The van der Waals surface area contributed by atoms with Crippen LogP contribution in [0.4, 0.5) is 13.2 Å². The lowest BCUT2D eigenvalue weighted by molar-refractivity contribution is -0.329. The second kappa shape index (κ2) is 9.40. The van der Waals surface area contributed by atoms with Gasteiger partial charge in [-0.2, -0.15) is 0 Å². The Balaban J connectivity index is 1.37. The lowest BCUT2D eigenvalue weighted by Gasteiger charge is -2.37. The molecule has 2 unspecified atom stereocenters. The van der Waals surface area contributed by atoms with Gasteiger partial charge in [-0.15, -0.1) is 24.5 Å². The topological polar surface area (TPSA) is 79.4 Å². The van der Waals surface area contributed by atoms with Gasteiger partial charge in [0.25, 0.3) is 11.8 Å². The molecule has 1 saturated heterocycles. The number of likely N-dealkylation sites (tertiary alicyclic amines) is 1. The molecule has 0 radical (unpaired) electrons. The molecule has 38 heavy (non-hydrogen) atoms. The van der Waals surface area contributed by atoms with Crippen LogP contribution in [0.25, 0.3) is 32.3 Å². The number of ether oxygens (including phenoxy) is 1. The highest BCUT2D eigenvalue weighted by Gasteiger charge is 2.36. The molecule has 2 N–H and O–H groups in total. The number of thiophene rings is 1. The number of hydrogen-bond acceptors (Lipinski definition) is 5. The summed E-state index contributed by atoms with van der Waals surface area (Å²) in [4.78, 5) is 32.1. The summed E-state index contributed by atoms with van der Waals surface area (Å²) in [6, 6.07) is 9.26. The molecule has 1 aromatic carbocycles. The van der Waals surface area contributed by atoms with E-state index in [1.807, 2.05) is 53.9 Å². The van der Waals surface area contributed by atoms with Gasteiger partial charge in [0, 0.05) is 52.4 Å². The largest absolute Gasteiger partial charge is 0.522 e. The van der Waals surface area contributed by atoms with Gasteiger partial charge in [0.2, 0.25) is 0 Å². The number of H-pyrrole nitrogens is 1. The van der Waals surface area contributed by atoms with Gasteiger partial charge < -0.3 is 14.5 Å². The number of amides is 2. The van der Waals surface area contributed by atoms with Gasteiger partial charge in [0.1, 0.15) is 4.83 Å². The molecule has 198 valence electrons. The monoisotopic (exact) mass is 542 g/mol. The van der Waals surface area contributed by atoms with E-state index in [0.717, 1.165) is 27.5 Å². The van der Waals surface area contributed by atoms with Crippen molar-refractivity contribution in [1.82, 2.24) is 19.8 Å². The van der Waals surface area contributed by atoms with Crippen LogP contribution in [0.2, 0.25) is 0 Å². The fourth-order valence-electron chi connectivity index (χ4n) is 5.70. The number of para-hydroxylation sites is 1. The number of imide groups is 1. The van der Waals surface area contributed by atoms with E-state index in [9.17, 15) is 22.8 Å². The van der Waals surface area contributed by atoms with Crippen LogP contribution < -0.4 is 5.32 Å². The molecular formula is C27H25F3N4O3S. The molecule has 0 aliphatic carbocycles. The number of fused-ring (bicyclic) bond motifs is 2. The van der Waals surface area contributed by atoms with Crippen LogP contribution in [-0.4, -0.2) is 58.9 Å². The fraction of sp³-hybridized carbons (Fsp3) is 0.333. The van der Waals surface area contributed by atoms with Crippen LogP contribution in [0.5, 0.6) is 0 Å². The van der Waals surface area contributed by atoms with Crippen molar-refractivity contribution in [3.63, 3.8) is 0 Å². The third kappa shape index (κ3) is 4.44. The predicted octanol–water partition coefficient (Wildman–Crippen LogP) is 5.00. The highest BCUT2D eigenvalue weighted by atomic mass is 32.1. The number of nitrogens with zero attached hydrogens (tertiary/aromatic N) is 2. The molecule has 5 heterocycles. The first-order valence-electron chi connectivity index (χ1n) is 12.3. The Morgan fingerprint density at radius 3 is 2.63 bits per heavy atom. The van der Waals surface area contributed by atoms with Gasteiger partial charge >= 0.3 is 6.36 Å². The molecule has 11 heteroatoms. The Labute approximate surface area is 219 Å². The van der Waals surface area contributed by atoms with Crippen molar-refractivity contribution in [2.45, 2.75) is 31.8 Å². The first-order valence-corrected chi connectivity index (χ1v) is 13.2. The highest BCUT2D eigenvalue weighted by molar-refractivity contribution is 7.16. The summed E-state index contributed by atoms with van der Waals surface area (Å²) in [6.45, 7) is 0.841. The summed E-state index contributed by atoms with van der Waals surface area (Å²) in [5, 5.41) is 6.12. The minimum atomic E-state index is -4.65. The summed E-state index contributed by atoms with van der Waals surface area (Å²) in [5.41, 5.74) is 2.91. The minimum Gasteiger partial charge on any atom is -0.352 e. The van der Waals surface area contributed by atoms with Gasteiger partial charge in [-0.1, -0.05) is 18.2 Å². The number of piperidine rings is 1. The summed E-state index contributed by atoms with van der Waals surface area (Å²) in [7, 11) is 1.82. The average Bonchev–Trinajstić information content (AvgIpc) is 3.62. The van der Waals surface area contributed by atoms with E-state index < -0.39 is 24.8 Å². The number of aromatic nitrogens is 2. The number of likely N-dealkylation sites (N-methyl/N-ethyl adjacent to an activating group) is 1. The smallest absolute Gasteiger partial charge is 0.352 e. The number of aromatic amines is 1. The summed E-state index contributed by atoms with van der Waals surface area (Å²) in [5.74, 6) is -0.753. The SMILES string of the molecule is CN1CCC(Cn2cc(C3=C(c4c[nH]c5sccc45)C(=O)NC3=O)c3ccccc32)CC1COC(F)(F)F. The van der Waals surface area contributed by atoms with Crippen molar-refractivity contribution in [3.05, 3.63) is 59.2 Å². The minimum absolute atomic E-state index is 0.124. The molecule has 3 aromatic heterocycles. The van der Waals surface area contributed by atoms with Crippen LogP contribution in [0.3, 0.4) is 0 Å². The van der Waals surface area contributed by atoms with Gasteiger partial charge in [-0.25, -0.2) is 0 Å². The number of halogens is 3. The zero-order valence-electron chi connectivity index (χ0n) is 20.5. The number of rotatable bonds is 6. The van der Waals surface area contributed by atoms with Crippen molar-refractivity contribution in [2.75, 3.05) is 20.2 Å². The highest BCUT2D eigenvalue weighted by Crippen LogP contribution is 2.39. The average molecular weight is 543 g/mol. The standard InChI is InChI=1S/C27H25F3N4O3S/c1-33-8-6-15(10-16(33)14-37-27(28,29)30)12-34-13-20(17-4-2-3-5-21(17)34)23-22(24(35)32-25(23)36)19-11-31-26-18(19)7-9-38-26/h2-5,7,9,11,13,15-16,31H,6,8,10,12,14H2,1H3,(H,32,35,36). The number of carbonyl (C=O) groups excluding carboxylic acids is 2. The van der Waals surface area contributed by atoms with Crippen molar-refractivity contribution in [2.24, 2.45) is 5.92 Å². The second-order valence-electron chi connectivity index (χ2n) is 9.89. The van der Waals surface area contributed by atoms with E-state index in [0.29, 0.717) is 41.8 Å². The van der Waals surface area contributed by atoms with E-state index in [1.165, 1.54) is 11.3 Å². The Kier molecular flexibility index (Phi) is 6.16. The molecule has 7 nitrogen and oxygen atoms in total. The first kappa shape index (κ1) is 24.9. The molecule has 1 fully saturated rings. The van der Waals surface area contributed by atoms with Crippen LogP contribution in [-0.2, 0) is 20.9 Å². The Morgan fingerprint density at radius 2 is 1.84 bits per heavy atom. The lowest BCUT2D eigenvalue weighted by atomic mass is 9.91. The fourth-order valence-corrected chi connectivity index (χ4v) is 6.48. The quantitative estimate of drug-likeness (QED) is 0.336. The Morgan fingerprint density at radius 1 is 1.08 bits per heavy atom. The van der Waals surface area contributed by atoms with Crippen molar-refractivity contribution in [3.8, 4) is 0 Å². The van der Waals surface area contributed by atoms with Crippen LogP contribution in [0.15, 0.2) is 48.1 Å². The van der Waals surface area contributed by atoms with Gasteiger partial charge in [-0.05, 0) is 49.9 Å². The van der Waals surface area contributed by atoms with E-state index >= 15 is 0 Å². The number of benzene rings is 1. The van der Waals surface area contributed by atoms with Crippen molar-refractivity contribution < 1.29 is 27.5 Å². The maximum atomic E-state index is 13.1. The van der Waals surface area contributed by atoms with Gasteiger partial charge in [0.05, 0.1) is 17.8 Å². The molecular weight excluding hydrogens is 517 g/mol. The Hall–Kier alpha value is -3.41. The number of carbonyl (C=O) groups is 2. The molecule has 0 spiro atoms. The van der Waals surface area contributed by atoms with E-state index in [1.54, 1.807) is 6.20 Å². The van der Waals surface area contributed by atoms with Crippen molar-refractivity contribution >= 4 is 55.4 Å². The molecule has 2 amide bonds. The van der Waals surface area contributed by atoms with Crippen LogP contribution in [0.1, 0.15) is 24.0 Å². The number of alkyl halides is 3. The predicted molar refractivity (Wildman–Crippen MR) is 139 cm³/mol. The lowest BCUT2D eigenvalue weighted by Crippen LogP contribution is -2.44. The van der Waals surface area contributed by atoms with Gasteiger partial charge in [0.15, 0.2) is 0 Å². The second-order valence-corrected chi connectivity index (χ2v) is 10.8. The summed E-state index contributed by atoms with van der Waals surface area (Å²) in [6.07, 6.45) is 0.386.